The van der Waals surface area contributed by atoms with E-state index in [0.29, 0.717) is 30.0 Å². The molecule has 1 fully saturated rings. The summed E-state index contributed by atoms with van der Waals surface area (Å²) < 4.78 is 5.63. The fourth-order valence-electron chi connectivity index (χ4n) is 3.23. The van der Waals surface area contributed by atoms with Gasteiger partial charge in [-0.25, -0.2) is 4.79 Å². The predicted molar refractivity (Wildman–Crippen MR) is 81.2 cm³/mol. The van der Waals surface area contributed by atoms with Crippen LogP contribution in [0.25, 0.3) is 0 Å². The minimum absolute atomic E-state index is 0.364. The molecule has 0 radical (unpaired) electrons. The normalized spacial score (nSPS) is 22.5. The van der Waals surface area contributed by atoms with Gasteiger partial charge in [-0.2, -0.15) is 0 Å². The molecule has 0 saturated heterocycles. The van der Waals surface area contributed by atoms with Crippen molar-refractivity contribution in [2.24, 2.45) is 0 Å². The monoisotopic (exact) mass is 323 g/mol. The summed E-state index contributed by atoms with van der Waals surface area (Å²) >= 11 is 5.94. The quantitative estimate of drug-likeness (QED) is 0.896. The highest BCUT2D eigenvalue weighted by Crippen LogP contribution is 2.33. The molecule has 1 aliphatic heterocycles. The lowest BCUT2D eigenvalue weighted by Gasteiger charge is -2.34. The minimum Gasteiger partial charge on any atom is -0.480 e. The van der Waals surface area contributed by atoms with Gasteiger partial charge < -0.3 is 15.2 Å². The second-order valence-corrected chi connectivity index (χ2v) is 6.44. The maximum Gasteiger partial charge on any atom is 0.329 e. The first-order valence-electron chi connectivity index (χ1n) is 7.51. The number of carboxylic acid groups (broad SMARTS) is 1. The number of halogens is 1. The molecule has 5 nitrogen and oxygen atoms in total. The third kappa shape index (κ3) is 2.77. The molecule has 1 aromatic carbocycles. The number of carboxylic acids is 1. The highest BCUT2D eigenvalue weighted by molar-refractivity contribution is 6.30. The molecule has 6 heteroatoms. The van der Waals surface area contributed by atoms with E-state index in [0.717, 1.165) is 24.8 Å². The first-order chi connectivity index (χ1) is 10.5. The third-order valence-electron chi connectivity index (χ3n) is 4.47. The maximum absolute atomic E-state index is 12.4. The number of hydrogen-bond donors (Lipinski definition) is 2. The molecular weight excluding hydrogens is 306 g/mol. The van der Waals surface area contributed by atoms with Crippen LogP contribution in [0.15, 0.2) is 18.2 Å². The van der Waals surface area contributed by atoms with Gasteiger partial charge in [-0.3, -0.25) is 4.79 Å². The first-order valence-corrected chi connectivity index (χ1v) is 7.88. The Morgan fingerprint density at radius 1 is 1.27 bits per heavy atom. The molecule has 1 saturated carbocycles. The molecule has 1 aromatic rings. The number of rotatable bonds is 3. The fourth-order valence-corrected chi connectivity index (χ4v) is 3.42. The van der Waals surface area contributed by atoms with Crippen molar-refractivity contribution in [1.29, 1.82) is 0 Å². The van der Waals surface area contributed by atoms with E-state index in [1.54, 1.807) is 18.2 Å². The average molecular weight is 324 g/mol. The Morgan fingerprint density at radius 2 is 2.00 bits per heavy atom. The van der Waals surface area contributed by atoms with Crippen LogP contribution in [0, 0.1) is 0 Å². The molecule has 0 aromatic heterocycles. The van der Waals surface area contributed by atoms with E-state index < -0.39 is 17.6 Å². The molecule has 2 aliphatic rings. The summed E-state index contributed by atoms with van der Waals surface area (Å²) in [5.74, 6) is -0.687. The van der Waals surface area contributed by atoms with Crippen LogP contribution in [-0.4, -0.2) is 28.6 Å². The summed E-state index contributed by atoms with van der Waals surface area (Å²) in [7, 11) is 0. The summed E-state index contributed by atoms with van der Waals surface area (Å²) in [5, 5.41) is 12.8. The van der Waals surface area contributed by atoms with Gasteiger partial charge in [0.1, 0.15) is 11.3 Å². The van der Waals surface area contributed by atoms with Gasteiger partial charge in [0.25, 0.3) is 5.91 Å². The zero-order valence-corrected chi connectivity index (χ0v) is 12.9. The molecule has 118 valence electrons. The Morgan fingerprint density at radius 3 is 2.68 bits per heavy atom. The number of fused-ring (bicyclic) bond motifs is 1. The Bertz CT molecular complexity index is 610. The van der Waals surface area contributed by atoms with Gasteiger partial charge in [-0.1, -0.05) is 30.9 Å². The van der Waals surface area contributed by atoms with E-state index in [-0.39, 0.29) is 5.91 Å². The van der Waals surface area contributed by atoms with Crippen LogP contribution >= 0.6 is 11.6 Å². The number of carbonyl (C=O) groups is 2. The Hall–Kier alpha value is -1.75. The van der Waals surface area contributed by atoms with Crippen LogP contribution in [0.3, 0.4) is 0 Å². The van der Waals surface area contributed by atoms with Gasteiger partial charge in [0, 0.05) is 11.4 Å². The zero-order chi connectivity index (χ0) is 15.7. The standard InChI is InChI=1S/C16H18ClNO4/c17-11-4-5-12-10(8-11)9-13(22-12)14(19)18-16(15(20)21)6-2-1-3-7-16/h4-5,8,13H,1-3,6-7,9H2,(H,18,19)(H,20,21). The van der Waals surface area contributed by atoms with Gasteiger partial charge in [0.15, 0.2) is 6.10 Å². The largest absolute Gasteiger partial charge is 0.480 e. The lowest BCUT2D eigenvalue weighted by Crippen LogP contribution is -2.58. The van der Waals surface area contributed by atoms with Crippen molar-refractivity contribution in [2.75, 3.05) is 0 Å². The van der Waals surface area contributed by atoms with Crippen molar-refractivity contribution in [3.05, 3.63) is 28.8 Å². The molecule has 0 bridgehead atoms. The number of carbonyl (C=O) groups excluding carboxylic acids is 1. The lowest BCUT2D eigenvalue weighted by molar-refractivity contribution is -0.150. The van der Waals surface area contributed by atoms with Crippen LogP contribution in [0.2, 0.25) is 5.02 Å². The van der Waals surface area contributed by atoms with Crippen molar-refractivity contribution in [2.45, 2.75) is 50.2 Å². The van der Waals surface area contributed by atoms with Crippen LogP contribution in [0.4, 0.5) is 0 Å². The number of ether oxygens (including phenoxy) is 1. The molecule has 1 amide bonds. The van der Waals surface area contributed by atoms with Crippen molar-refractivity contribution < 1.29 is 19.4 Å². The van der Waals surface area contributed by atoms with Gasteiger partial charge in [0.2, 0.25) is 0 Å². The summed E-state index contributed by atoms with van der Waals surface area (Å²) in [6.07, 6.45) is 3.30. The maximum atomic E-state index is 12.4. The highest BCUT2D eigenvalue weighted by atomic mass is 35.5. The molecule has 0 spiro atoms. The first kappa shape index (κ1) is 15.2. The van der Waals surface area contributed by atoms with Crippen molar-refractivity contribution in [3.8, 4) is 5.75 Å². The van der Waals surface area contributed by atoms with Gasteiger partial charge in [0.05, 0.1) is 0 Å². The molecule has 1 aliphatic carbocycles. The molecule has 1 unspecified atom stereocenters. The minimum atomic E-state index is -1.15. The molecular formula is C16H18ClNO4. The summed E-state index contributed by atoms with van der Waals surface area (Å²) in [6.45, 7) is 0. The zero-order valence-electron chi connectivity index (χ0n) is 12.1. The van der Waals surface area contributed by atoms with Crippen molar-refractivity contribution in [3.63, 3.8) is 0 Å². The van der Waals surface area contributed by atoms with Gasteiger partial charge in [-0.05, 0) is 36.6 Å². The topological polar surface area (TPSA) is 75.6 Å². The van der Waals surface area contributed by atoms with Crippen LogP contribution in [0.1, 0.15) is 37.7 Å². The van der Waals surface area contributed by atoms with Crippen LogP contribution < -0.4 is 10.1 Å². The molecule has 2 N–H and O–H groups in total. The second kappa shape index (κ2) is 5.80. The summed E-state index contributed by atoms with van der Waals surface area (Å²) in [4.78, 5) is 24.1. The number of nitrogens with one attached hydrogen (secondary N) is 1. The Balaban J connectivity index is 1.71. The molecule has 22 heavy (non-hydrogen) atoms. The lowest BCUT2D eigenvalue weighted by atomic mass is 9.81. The van der Waals surface area contributed by atoms with Gasteiger partial charge >= 0.3 is 5.97 Å². The highest BCUT2D eigenvalue weighted by Gasteiger charge is 2.43. The number of amides is 1. The SMILES string of the molecule is O=C(NC1(C(=O)O)CCCCC1)C1Cc2cc(Cl)ccc2O1. The van der Waals surface area contributed by atoms with E-state index in [1.165, 1.54) is 0 Å². The molecule has 1 atom stereocenters. The van der Waals surface area contributed by atoms with E-state index in [4.69, 9.17) is 16.3 Å². The number of aliphatic carboxylic acids is 1. The van der Waals surface area contributed by atoms with Crippen LogP contribution in [0.5, 0.6) is 5.75 Å². The Kier molecular flexibility index (Phi) is 4.00. The van der Waals surface area contributed by atoms with Crippen molar-refractivity contribution >= 4 is 23.5 Å². The fraction of sp³-hybridized carbons (Fsp3) is 0.500. The van der Waals surface area contributed by atoms with E-state index >= 15 is 0 Å². The predicted octanol–water partition coefficient (Wildman–Crippen LogP) is 2.55. The summed E-state index contributed by atoms with van der Waals surface area (Å²) in [6, 6.07) is 5.22. The second-order valence-electron chi connectivity index (χ2n) is 6.00. The number of benzene rings is 1. The van der Waals surface area contributed by atoms with E-state index in [2.05, 4.69) is 5.32 Å². The smallest absolute Gasteiger partial charge is 0.329 e. The summed E-state index contributed by atoms with van der Waals surface area (Å²) in [5.41, 5.74) is -0.272. The van der Waals surface area contributed by atoms with E-state index in [1.807, 2.05) is 0 Å². The third-order valence-corrected chi connectivity index (χ3v) is 4.70. The van der Waals surface area contributed by atoms with Crippen molar-refractivity contribution in [1.82, 2.24) is 5.32 Å². The van der Waals surface area contributed by atoms with E-state index in [9.17, 15) is 14.7 Å². The molecule has 3 rings (SSSR count). The molecule has 1 heterocycles. The Labute approximate surface area is 133 Å². The van der Waals surface area contributed by atoms with Gasteiger partial charge in [-0.15, -0.1) is 0 Å². The number of hydrogen-bond acceptors (Lipinski definition) is 3. The average Bonchev–Trinajstić information content (AvgIpc) is 2.91. The van der Waals surface area contributed by atoms with Crippen LogP contribution in [-0.2, 0) is 16.0 Å².